The van der Waals surface area contributed by atoms with Crippen LogP contribution in [0.1, 0.15) is 0 Å². The zero-order valence-corrected chi connectivity index (χ0v) is 19.8. The molecule has 0 N–H and O–H groups in total. The highest BCUT2D eigenvalue weighted by Gasteiger charge is 2.24. The Balaban J connectivity index is 1.21. The van der Waals surface area contributed by atoms with Crippen molar-refractivity contribution in [2.24, 2.45) is 7.05 Å². The quantitative estimate of drug-likeness (QED) is 0.179. The molecule has 0 radical (unpaired) electrons. The predicted molar refractivity (Wildman–Crippen MR) is 133 cm³/mol. The fourth-order valence-corrected chi connectivity index (χ4v) is 5.77. The highest BCUT2D eigenvalue weighted by molar-refractivity contribution is 7.99. The molecule has 0 bridgehead atoms. The van der Waals surface area contributed by atoms with E-state index in [1.165, 1.54) is 33.7 Å². The third-order valence-electron chi connectivity index (χ3n) is 5.74. The number of aromatic nitrogens is 3. The molecule has 1 saturated heterocycles. The highest BCUT2D eigenvalue weighted by atomic mass is 32.2. The SMILES string of the molecule is Cn1c(SCC(=O)N2CCN(c3nc4ccc([N+](=O)[O-])cc4s3)CC2)nc2ccccc2c1=O. The number of non-ortho nitro benzene ring substituents is 1. The smallest absolute Gasteiger partial charge is 0.270 e. The van der Waals surface area contributed by atoms with Gasteiger partial charge in [-0.2, -0.15) is 0 Å². The molecule has 3 heterocycles. The number of hydrogen-bond acceptors (Lipinski definition) is 9. The van der Waals surface area contributed by atoms with E-state index in [4.69, 9.17) is 0 Å². The minimum Gasteiger partial charge on any atom is -0.345 e. The molecule has 1 amide bonds. The minimum absolute atomic E-state index is 0.00742. The molecule has 34 heavy (non-hydrogen) atoms. The van der Waals surface area contributed by atoms with E-state index < -0.39 is 4.92 Å². The summed E-state index contributed by atoms with van der Waals surface area (Å²) in [5.74, 6) is 0.190. The summed E-state index contributed by atoms with van der Waals surface area (Å²) < 4.78 is 2.25. The van der Waals surface area contributed by atoms with Gasteiger partial charge in [-0.25, -0.2) is 9.97 Å². The van der Waals surface area contributed by atoms with E-state index in [9.17, 15) is 19.7 Å². The molecule has 2 aromatic carbocycles. The second-order valence-corrected chi connectivity index (χ2v) is 9.79. The van der Waals surface area contributed by atoms with Crippen LogP contribution in [0.4, 0.5) is 10.8 Å². The van der Waals surface area contributed by atoms with Crippen molar-refractivity contribution >= 4 is 60.9 Å². The average molecular weight is 497 g/mol. The lowest BCUT2D eigenvalue weighted by molar-refractivity contribution is -0.384. The van der Waals surface area contributed by atoms with Gasteiger partial charge in [0.25, 0.3) is 11.2 Å². The molecule has 1 fully saturated rings. The second-order valence-electron chi connectivity index (χ2n) is 7.84. The summed E-state index contributed by atoms with van der Waals surface area (Å²) in [5, 5.41) is 12.9. The van der Waals surface area contributed by atoms with Crippen molar-refractivity contribution in [1.29, 1.82) is 0 Å². The molecule has 1 aliphatic heterocycles. The first-order chi connectivity index (χ1) is 16.4. The number of hydrogen-bond donors (Lipinski definition) is 0. The average Bonchev–Trinajstić information content (AvgIpc) is 3.29. The monoisotopic (exact) mass is 496 g/mol. The first-order valence-corrected chi connectivity index (χ1v) is 12.4. The van der Waals surface area contributed by atoms with Crippen molar-refractivity contribution in [1.82, 2.24) is 19.4 Å². The lowest BCUT2D eigenvalue weighted by Gasteiger charge is -2.34. The zero-order chi connectivity index (χ0) is 23.8. The highest BCUT2D eigenvalue weighted by Crippen LogP contribution is 2.32. The van der Waals surface area contributed by atoms with E-state index in [2.05, 4.69) is 14.9 Å². The Bertz CT molecular complexity index is 1480. The maximum Gasteiger partial charge on any atom is 0.270 e. The number of piperazine rings is 1. The van der Waals surface area contributed by atoms with E-state index in [-0.39, 0.29) is 22.9 Å². The van der Waals surface area contributed by atoms with Gasteiger partial charge in [0.2, 0.25) is 5.91 Å². The predicted octanol–water partition coefficient (Wildman–Crippen LogP) is 2.89. The lowest BCUT2D eigenvalue weighted by atomic mass is 10.2. The molecule has 5 rings (SSSR count). The van der Waals surface area contributed by atoms with Crippen molar-refractivity contribution in [3.8, 4) is 0 Å². The maximum atomic E-state index is 12.8. The number of nitro benzene ring substituents is 1. The van der Waals surface area contributed by atoms with Crippen molar-refractivity contribution in [3.63, 3.8) is 0 Å². The van der Waals surface area contributed by atoms with Crippen LogP contribution in [0.3, 0.4) is 0 Å². The van der Waals surface area contributed by atoms with Crippen LogP contribution in [0.5, 0.6) is 0 Å². The molecule has 2 aromatic heterocycles. The fraction of sp³-hybridized carbons (Fsp3) is 0.273. The number of carbonyl (C=O) groups excluding carboxylic acids is 1. The number of rotatable bonds is 5. The summed E-state index contributed by atoms with van der Waals surface area (Å²) in [4.78, 5) is 49.0. The molecule has 0 spiro atoms. The van der Waals surface area contributed by atoms with E-state index >= 15 is 0 Å². The second kappa shape index (κ2) is 9.03. The third kappa shape index (κ3) is 4.21. The van der Waals surface area contributed by atoms with Crippen LogP contribution in [0.25, 0.3) is 21.1 Å². The number of thiazole rings is 1. The number of anilines is 1. The van der Waals surface area contributed by atoms with Crippen LogP contribution in [0.2, 0.25) is 0 Å². The number of benzene rings is 2. The van der Waals surface area contributed by atoms with Gasteiger partial charge in [-0.05, 0) is 18.2 Å². The lowest BCUT2D eigenvalue weighted by Crippen LogP contribution is -2.49. The Hall–Kier alpha value is -3.51. The Morgan fingerprint density at radius 3 is 2.65 bits per heavy atom. The van der Waals surface area contributed by atoms with Gasteiger partial charge in [0.1, 0.15) is 0 Å². The summed E-state index contributed by atoms with van der Waals surface area (Å²) >= 11 is 2.68. The summed E-state index contributed by atoms with van der Waals surface area (Å²) in [7, 11) is 1.67. The summed E-state index contributed by atoms with van der Waals surface area (Å²) in [6.07, 6.45) is 0. The largest absolute Gasteiger partial charge is 0.345 e. The number of thioether (sulfide) groups is 1. The Kier molecular flexibility index (Phi) is 5.92. The number of carbonyl (C=O) groups is 1. The van der Waals surface area contributed by atoms with E-state index in [0.717, 1.165) is 15.3 Å². The summed E-state index contributed by atoms with van der Waals surface area (Å²) in [6, 6.07) is 11.8. The van der Waals surface area contributed by atoms with Gasteiger partial charge in [0.05, 0.1) is 31.8 Å². The Morgan fingerprint density at radius 2 is 1.88 bits per heavy atom. The van der Waals surface area contributed by atoms with Crippen LogP contribution in [0.15, 0.2) is 52.4 Å². The number of nitro groups is 1. The molecule has 10 nitrogen and oxygen atoms in total. The molecule has 1 aliphatic rings. The van der Waals surface area contributed by atoms with Crippen LogP contribution < -0.4 is 10.5 Å². The third-order valence-corrected chi connectivity index (χ3v) is 7.83. The molecule has 0 atom stereocenters. The fourth-order valence-electron chi connectivity index (χ4n) is 3.84. The van der Waals surface area contributed by atoms with E-state index in [0.29, 0.717) is 42.2 Å². The van der Waals surface area contributed by atoms with Crippen molar-refractivity contribution < 1.29 is 9.72 Å². The number of amides is 1. The number of para-hydroxylation sites is 1. The molecule has 0 aliphatic carbocycles. The van der Waals surface area contributed by atoms with E-state index in [1.807, 2.05) is 6.07 Å². The molecule has 174 valence electrons. The normalized spacial score (nSPS) is 14.1. The summed E-state index contributed by atoms with van der Waals surface area (Å²) in [5.41, 5.74) is 1.27. The van der Waals surface area contributed by atoms with Gasteiger partial charge in [-0.1, -0.05) is 35.2 Å². The first kappa shape index (κ1) is 22.3. The Labute approximate surface area is 202 Å². The van der Waals surface area contributed by atoms with Crippen LogP contribution in [0, 0.1) is 10.1 Å². The van der Waals surface area contributed by atoms with Gasteiger partial charge in [-0.3, -0.25) is 24.3 Å². The molecule has 4 aromatic rings. The van der Waals surface area contributed by atoms with Crippen LogP contribution in [-0.2, 0) is 11.8 Å². The summed E-state index contributed by atoms with van der Waals surface area (Å²) in [6.45, 7) is 2.37. The molecule has 12 heteroatoms. The van der Waals surface area contributed by atoms with Gasteiger partial charge in [-0.15, -0.1) is 0 Å². The van der Waals surface area contributed by atoms with Crippen molar-refractivity contribution in [2.75, 3.05) is 36.8 Å². The molecule has 0 unspecified atom stereocenters. The number of nitrogens with zero attached hydrogens (tertiary/aromatic N) is 6. The van der Waals surface area contributed by atoms with Gasteiger partial charge >= 0.3 is 0 Å². The molecule has 0 saturated carbocycles. The standard InChI is InChI=1S/C22H20N6O4S2/c1-25-20(30)15-4-2-3-5-16(15)23-21(25)33-13-19(29)26-8-10-27(11-9-26)22-24-17-7-6-14(28(31)32)12-18(17)34-22/h2-7,12H,8-11,13H2,1H3. The minimum atomic E-state index is -0.410. The maximum absolute atomic E-state index is 12.8. The van der Waals surface area contributed by atoms with Crippen molar-refractivity contribution in [3.05, 3.63) is 62.9 Å². The number of fused-ring (bicyclic) bond motifs is 2. The molecular weight excluding hydrogens is 476 g/mol. The topological polar surface area (TPSA) is 114 Å². The van der Waals surface area contributed by atoms with E-state index in [1.54, 1.807) is 42.3 Å². The first-order valence-electron chi connectivity index (χ1n) is 10.6. The van der Waals surface area contributed by atoms with Gasteiger partial charge in [0, 0.05) is 45.4 Å². The van der Waals surface area contributed by atoms with Crippen LogP contribution >= 0.6 is 23.1 Å². The Morgan fingerprint density at radius 1 is 1.12 bits per heavy atom. The van der Waals surface area contributed by atoms with Crippen molar-refractivity contribution in [2.45, 2.75) is 5.16 Å². The van der Waals surface area contributed by atoms with Gasteiger partial charge in [0.15, 0.2) is 10.3 Å². The zero-order valence-electron chi connectivity index (χ0n) is 18.2. The molecular formula is C22H20N6O4S2. The van der Waals surface area contributed by atoms with Crippen LogP contribution in [-0.4, -0.2) is 62.2 Å². The van der Waals surface area contributed by atoms with Gasteiger partial charge < -0.3 is 9.80 Å².